The summed E-state index contributed by atoms with van der Waals surface area (Å²) >= 11 is 0. The van der Waals surface area contributed by atoms with Crippen LogP contribution in [0.4, 0.5) is 11.4 Å². The van der Waals surface area contributed by atoms with Gasteiger partial charge in [-0.25, -0.2) is 0 Å². The van der Waals surface area contributed by atoms with Crippen LogP contribution in [-0.2, 0) is 4.79 Å². The Labute approximate surface area is 121 Å². The van der Waals surface area contributed by atoms with Crippen LogP contribution in [-0.4, -0.2) is 16.9 Å². The van der Waals surface area contributed by atoms with Gasteiger partial charge < -0.3 is 11.1 Å². The number of hydrogen-bond acceptors (Lipinski definition) is 5. The lowest BCUT2D eigenvalue weighted by Crippen LogP contribution is -2.32. The fourth-order valence-corrected chi connectivity index (χ4v) is 2.61. The number of hydrogen-bond donors (Lipinski definition) is 2. The van der Waals surface area contributed by atoms with Crippen LogP contribution in [0.15, 0.2) is 18.2 Å². The van der Waals surface area contributed by atoms with Gasteiger partial charge in [-0.15, -0.1) is 0 Å². The summed E-state index contributed by atoms with van der Waals surface area (Å²) in [7, 11) is 0. The molecule has 7 heteroatoms. The Morgan fingerprint density at radius 1 is 1.38 bits per heavy atom. The van der Waals surface area contributed by atoms with Crippen LogP contribution in [0.5, 0.6) is 0 Å². The van der Waals surface area contributed by atoms with Gasteiger partial charge in [0.05, 0.1) is 16.2 Å². The number of primary amides is 1. The van der Waals surface area contributed by atoms with Crippen LogP contribution in [0.2, 0.25) is 0 Å². The first-order valence-corrected chi connectivity index (χ1v) is 6.75. The molecule has 0 aromatic heterocycles. The van der Waals surface area contributed by atoms with Gasteiger partial charge in [-0.2, -0.15) is 5.26 Å². The minimum absolute atomic E-state index is 0.0738. The molecule has 0 saturated heterocycles. The predicted octanol–water partition coefficient (Wildman–Crippen LogP) is 1.92. The zero-order valence-corrected chi connectivity index (χ0v) is 11.4. The lowest BCUT2D eigenvalue weighted by Gasteiger charge is -2.28. The van der Waals surface area contributed by atoms with Crippen molar-refractivity contribution in [2.45, 2.75) is 31.7 Å². The molecule has 7 nitrogen and oxygen atoms in total. The second-order valence-electron chi connectivity index (χ2n) is 5.19. The van der Waals surface area contributed by atoms with E-state index >= 15 is 0 Å². The Morgan fingerprint density at radius 3 is 2.57 bits per heavy atom. The van der Waals surface area contributed by atoms with Crippen molar-refractivity contribution in [2.75, 3.05) is 5.32 Å². The third-order valence-electron chi connectivity index (χ3n) is 3.82. The summed E-state index contributed by atoms with van der Waals surface area (Å²) < 4.78 is 0. The van der Waals surface area contributed by atoms with Crippen molar-refractivity contribution in [3.8, 4) is 6.07 Å². The summed E-state index contributed by atoms with van der Waals surface area (Å²) in [5, 5.41) is 23.0. The Hall–Kier alpha value is -2.62. The molecule has 110 valence electrons. The summed E-state index contributed by atoms with van der Waals surface area (Å²) in [5.41, 5.74) is 6.03. The van der Waals surface area contributed by atoms with Gasteiger partial charge in [-0.1, -0.05) is 0 Å². The zero-order chi connectivity index (χ0) is 15.4. The van der Waals surface area contributed by atoms with Gasteiger partial charge in [0.15, 0.2) is 0 Å². The highest BCUT2D eigenvalue weighted by atomic mass is 16.6. The number of nitrogens with zero attached hydrogens (tertiary/aromatic N) is 2. The first-order chi connectivity index (χ1) is 10.0. The largest absolute Gasteiger partial charge is 0.381 e. The number of benzene rings is 1. The van der Waals surface area contributed by atoms with Crippen LogP contribution < -0.4 is 11.1 Å². The molecule has 0 atom stereocenters. The molecule has 0 radical (unpaired) electrons. The molecule has 1 aliphatic carbocycles. The minimum atomic E-state index is -0.525. The Balaban J connectivity index is 2.06. The van der Waals surface area contributed by atoms with Crippen molar-refractivity contribution >= 4 is 17.3 Å². The van der Waals surface area contributed by atoms with Gasteiger partial charge in [-0.3, -0.25) is 14.9 Å². The first-order valence-electron chi connectivity index (χ1n) is 6.75. The molecule has 1 amide bonds. The number of nitrogens with two attached hydrogens (primary N) is 1. The maximum absolute atomic E-state index is 11.1. The van der Waals surface area contributed by atoms with E-state index in [0.717, 1.165) is 25.7 Å². The maximum atomic E-state index is 11.1. The number of nitro benzene ring substituents is 1. The number of rotatable bonds is 4. The molecular weight excluding hydrogens is 272 g/mol. The SMILES string of the molecule is N#Cc1cc([N+](=O)[O-])ccc1NC1CCC(C(N)=O)CC1. The molecule has 1 aliphatic rings. The fraction of sp³-hybridized carbons (Fsp3) is 0.429. The van der Waals surface area contributed by atoms with Crippen molar-refractivity contribution in [1.82, 2.24) is 0 Å². The lowest BCUT2D eigenvalue weighted by atomic mass is 9.85. The summed E-state index contributed by atoms with van der Waals surface area (Å²) in [6.07, 6.45) is 3.02. The molecule has 1 aromatic rings. The van der Waals surface area contributed by atoms with E-state index in [1.54, 1.807) is 6.07 Å². The highest BCUT2D eigenvalue weighted by molar-refractivity contribution is 5.76. The summed E-state index contributed by atoms with van der Waals surface area (Å²) in [6.45, 7) is 0. The molecule has 0 aliphatic heterocycles. The van der Waals surface area contributed by atoms with Crippen LogP contribution in [0.1, 0.15) is 31.2 Å². The van der Waals surface area contributed by atoms with Gasteiger partial charge in [0.25, 0.3) is 5.69 Å². The van der Waals surface area contributed by atoms with Crippen LogP contribution in [0, 0.1) is 27.4 Å². The van der Waals surface area contributed by atoms with E-state index in [0.29, 0.717) is 5.69 Å². The minimum Gasteiger partial charge on any atom is -0.381 e. The molecule has 1 aromatic carbocycles. The highest BCUT2D eigenvalue weighted by Crippen LogP contribution is 2.28. The third-order valence-corrected chi connectivity index (χ3v) is 3.82. The average molecular weight is 288 g/mol. The van der Waals surface area contributed by atoms with Gasteiger partial charge in [0.2, 0.25) is 5.91 Å². The smallest absolute Gasteiger partial charge is 0.270 e. The Morgan fingerprint density at radius 2 is 2.05 bits per heavy atom. The molecule has 0 spiro atoms. The number of nitro groups is 1. The molecule has 3 N–H and O–H groups in total. The number of carbonyl (C=O) groups is 1. The number of carbonyl (C=O) groups excluding carboxylic acids is 1. The van der Waals surface area contributed by atoms with E-state index in [4.69, 9.17) is 11.0 Å². The van der Waals surface area contributed by atoms with Crippen molar-refractivity contribution in [2.24, 2.45) is 11.7 Å². The molecule has 1 saturated carbocycles. The standard InChI is InChI=1S/C14H16N4O3/c15-8-10-7-12(18(20)21)5-6-13(10)17-11-3-1-9(2-4-11)14(16)19/h5-7,9,11,17H,1-4H2,(H2,16,19). The molecule has 2 rings (SSSR count). The fourth-order valence-electron chi connectivity index (χ4n) is 2.61. The second kappa shape index (κ2) is 6.22. The number of nitriles is 1. The Kier molecular flexibility index (Phi) is 4.38. The van der Waals surface area contributed by atoms with E-state index in [-0.39, 0.29) is 29.1 Å². The highest BCUT2D eigenvalue weighted by Gasteiger charge is 2.25. The number of anilines is 1. The van der Waals surface area contributed by atoms with Gasteiger partial charge >= 0.3 is 0 Å². The predicted molar refractivity (Wildman–Crippen MR) is 76.4 cm³/mol. The van der Waals surface area contributed by atoms with Gasteiger partial charge in [-0.05, 0) is 31.7 Å². The monoisotopic (exact) mass is 288 g/mol. The quantitative estimate of drug-likeness (QED) is 0.647. The topological polar surface area (TPSA) is 122 Å². The molecular formula is C14H16N4O3. The lowest BCUT2D eigenvalue weighted by molar-refractivity contribution is -0.384. The van der Waals surface area contributed by atoms with Crippen molar-refractivity contribution < 1.29 is 9.72 Å². The maximum Gasteiger partial charge on any atom is 0.270 e. The van der Waals surface area contributed by atoms with E-state index in [2.05, 4.69) is 5.32 Å². The second-order valence-corrected chi connectivity index (χ2v) is 5.19. The van der Waals surface area contributed by atoms with E-state index in [1.807, 2.05) is 6.07 Å². The Bertz CT molecular complexity index is 601. The van der Waals surface area contributed by atoms with E-state index in [9.17, 15) is 14.9 Å². The summed E-state index contributed by atoms with van der Waals surface area (Å²) in [6, 6.07) is 6.30. The number of amides is 1. The number of nitrogens with one attached hydrogen (secondary N) is 1. The molecule has 0 bridgehead atoms. The van der Waals surface area contributed by atoms with Gasteiger partial charge in [0.1, 0.15) is 6.07 Å². The third kappa shape index (κ3) is 3.48. The molecule has 0 heterocycles. The van der Waals surface area contributed by atoms with Crippen LogP contribution in [0.25, 0.3) is 0 Å². The average Bonchev–Trinajstić information content (AvgIpc) is 2.48. The van der Waals surface area contributed by atoms with Crippen molar-refractivity contribution in [3.63, 3.8) is 0 Å². The summed E-state index contributed by atoms with van der Waals surface area (Å²) in [5.74, 6) is -0.336. The summed E-state index contributed by atoms with van der Waals surface area (Å²) in [4.78, 5) is 21.3. The van der Waals surface area contributed by atoms with Crippen LogP contribution >= 0.6 is 0 Å². The molecule has 1 fully saturated rings. The van der Waals surface area contributed by atoms with Gasteiger partial charge in [0, 0.05) is 24.1 Å². The van der Waals surface area contributed by atoms with E-state index < -0.39 is 4.92 Å². The van der Waals surface area contributed by atoms with Crippen molar-refractivity contribution in [1.29, 1.82) is 5.26 Å². The van der Waals surface area contributed by atoms with E-state index in [1.165, 1.54) is 12.1 Å². The van der Waals surface area contributed by atoms with Crippen LogP contribution in [0.3, 0.4) is 0 Å². The zero-order valence-electron chi connectivity index (χ0n) is 11.4. The first kappa shape index (κ1) is 14.8. The molecule has 21 heavy (non-hydrogen) atoms. The van der Waals surface area contributed by atoms with Crippen molar-refractivity contribution in [3.05, 3.63) is 33.9 Å². The normalized spacial score (nSPS) is 21.3. The molecule has 0 unspecified atom stereocenters. The number of non-ortho nitro benzene ring substituents is 1.